The first-order chi connectivity index (χ1) is 12.9. The maximum atomic E-state index is 12.9. The average molecular weight is 375 g/mol. The minimum atomic E-state index is -4.58. The van der Waals surface area contributed by atoms with E-state index in [1.165, 1.54) is 12.1 Å². The van der Waals surface area contributed by atoms with Gasteiger partial charge in [0, 0.05) is 25.5 Å². The molecule has 9 heteroatoms. The van der Waals surface area contributed by atoms with Crippen LogP contribution in [0.1, 0.15) is 15.9 Å². The van der Waals surface area contributed by atoms with Crippen LogP contribution in [0.2, 0.25) is 0 Å². The van der Waals surface area contributed by atoms with Gasteiger partial charge >= 0.3 is 6.18 Å². The number of anilines is 1. The molecule has 3 rings (SSSR count). The normalized spacial score (nSPS) is 11.2. The quantitative estimate of drug-likeness (QED) is 0.650. The molecule has 140 valence electrons. The van der Waals surface area contributed by atoms with Gasteiger partial charge in [-0.25, -0.2) is 0 Å². The van der Waals surface area contributed by atoms with E-state index >= 15 is 0 Å². The number of halogens is 3. The fourth-order valence-corrected chi connectivity index (χ4v) is 2.43. The lowest BCUT2D eigenvalue weighted by Crippen LogP contribution is -2.30. The zero-order valence-electron chi connectivity index (χ0n) is 14.1. The summed E-state index contributed by atoms with van der Waals surface area (Å²) in [7, 11) is 0. The summed E-state index contributed by atoms with van der Waals surface area (Å²) in [6.45, 7) is 0.420. The summed E-state index contributed by atoms with van der Waals surface area (Å²) in [5.74, 6) is 0.372. The van der Waals surface area contributed by atoms with Crippen LogP contribution in [0, 0.1) is 0 Å². The molecule has 0 aliphatic heterocycles. The fraction of sp³-hybridized carbons (Fsp3) is 0.167. The smallest absolute Gasteiger partial charge is 0.367 e. The van der Waals surface area contributed by atoms with Crippen molar-refractivity contribution >= 4 is 11.7 Å². The van der Waals surface area contributed by atoms with Crippen molar-refractivity contribution in [3.63, 3.8) is 0 Å². The molecule has 0 spiro atoms. The van der Waals surface area contributed by atoms with Gasteiger partial charge in [-0.15, -0.1) is 10.2 Å². The molecular weight excluding hydrogens is 359 g/mol. The molecule has 3 aromatic rings. The summed E-state index contributed by atoms with van der Waals surface area (Å²) in [6, 6.07) is 11.9. The Kier molecular flexibility index (Phi) is 5.39. The van der Waals surface area contributed by atoms with Crippen LogP contribution in [0.3, 0.4) is 0 Å². The van der Waals surface area contributed by atoms with Crippen molar-refractivity contribution in [2.75, 3.05) is 18.4 Å². The van der Waals surface area contributed by atoms with E-state index in [2.05, 4.69) is 20.8 Å². The first-order valence-electron chi connectivity index (χ1n) is 8.10. The lowest BCUT2D eigenvalue weighted by molar-refractivity contribution is -0.137. The molecule has 27 heavy (non-hydrogen) atoms. The highest BCUT2D eigenvalue weighted by Crippen LogP contribution is 2.31. The number of nitrogens with one attached hydrogen (secondary N) is 2. The number of alkyl halides is 3. The van der Waals surface area contributed by atoms with Crippen LogP contribution in [-0.4, -0.2) is 33.8 Å². The van der Waals surface area contributed by atoms with Gasteiger partial charge in [-0.3, -0.25) is 4.79 Å². The molecule has 1 aromatic carbocycles. The van der Waals surface area contributed by atoms with Crippen LogP contribution in [0.15, 0.2) is 60.9 Å². The molecule has 0 saturated heterocycles. The molecule has 0 aliphatic rings. The number of nitrogens with zero attached hydrogens (tertiary/aromatic N) is 3. The van der Waals surface area contributed by atoms with Gasteiger partial charge in [0.05, 0.1) is 11.1 Å². The lowest BCUT2D eigenvalue weighted by Gasteiger charge is -2.13. The van der Waals surface area contributed by atoms with Gasteiger partial charge in [0.2, 0.25) is 0 Å². The Labute approximate surface area is 153 Å². The summed E-state index contributed by atoms with van der Waals surface area (Å²) in [5, 5.41) is 13.5. The largest absolute Gasteiger partial charge is 0.417 e. The van der Waals surface area contributed by atoms with Crippen LogP contribution in [-0.2, 0) is 6.18 Å². The Balaban J connectivity index is 1.51. The molecule has 0 bridgehead atoms. The Morgan fingerprint density at radius 2 is 1.70 bits per heavy atom. The van der Waals surface area contributed by atoms with Crippen molar-refractivity contribution in [1.29, 1.82) is 0 Å². The monoisotopic (exact) mass is 375 g/mol. The van der Waals surface area contributed by atoms with E-state index in [1.807, 2.05) is 24.5 Å². The molecule has 1 amide bonds. The third-order valence-electron chi connectivity index (χ3n) is 3.71. The van der Waals surface area contributed by atoms with Gasteiger partial charge in [-0.1, -0.05) is 12.1 Å². The number of rotatable bonds is 6. The van der Waals surface area contributed by atoms with Crippen LogP contribution in [0.25, 0.3) is 5.82 Å². The average Bonchev–Trinajstić information content (AvgIpc) is 3.19. The number of hydrogen-bond acceptors (Lipinski definition) is 4. The SMILES string of the molecule is O=C(NCCNc1ccc(-n2cccc2)nn1)c1ccccc1C(F)(F)F. The number of carbonyl (C=O) groups is 1. The maximum absolute atomic E-state index is 12.9. The second-order valence-corrected chi connectivity index (χ2v) is 5.59. The predicted octanol–water partition coefficient (Wildman–Crippen LogP) is 3.13. The van der Waals surface area contributed by atoms with Crippen molar-refractivity contribution in [3.8, 4) is 5.82 Å². The van der Waals surface area contributed by atoms with Crippen LogP contribution in [0.5, 0.6) is 0 Å². The van der Waals surface area contributed by atoms with E-state index in [0.717, 1.165) is 12.1 Å². The van der Waals surface area contributed by atoms with Crippen LogP contribution < -0.4 is 10.6 Å². The summed E-state index contributed by atoms with van der Waals surface area (Å²) >= 11 is 0. The van der Waals surface area contributed by atoms with E-state index in [9.17, 15) is 18.0 Å². The Hall–Kier alpha value is -3.36. The highest BCUT2D eigenvalue weighted by molar-refractivity contribution is 5.95. The van der Waals surface area contributed by atoms with E-state index < -0.39 is 23.2 Å². The molecule has 0 aliphatic carbocycles. The summed E-state index contributed by atoms with van der Waals surface area (Å²) in [6.07, 6.45) is -0.903. The number of amides is 1. The molecular formula is C18H16F3N5O. The number of aromatic nitrogens is 3. The minimum Gasteiger partial charge on any atom is -0.367 e. The summed E-state index contributed by atoms with van der Waals surface area (Å²) in [4.78, 5) is 12.0. The molecule has 0 radical (unpaired) electrons. The molecule has 0 atom stereocenters. The van der Waals surface area contributed by atoms with E-state index in [-0.39, 0.29) is 13.1 Å². The number of hydrogen-bond donors (Lipinski definition) is 2. The molecule has 2 N–H and O–H groups in total. The molecule has 6 nitrogen and oxygen atoms in total. The van der Waals surface area contributed by atoms with Crippen molar-refractivity contribution in [2.24, 2.45) is 0 Å². The zero-order valence-corrected chi connectivity index (χ0v) is 14.1. The highest BCUT2D eigenvalue weighted by atomic mass is 19.4. The first-order valence-corrected chi connectivity index (χ1v) is 8.10. The van der Waals surface area contributed by atoms with Crippen LogP contribution in [0.4, 0.5) is 19.0 Å². The Morgan fingerprint density at radius 3 is 2.37 bits per heavy atom. The first kappa shape index (κ1) is 18.4. The van der Waals surface area contributed by atoms with Crippen molar-refractivity contribution in [3.05, 3.63) is 72.1 Å². The van der Waals surface area contributed by atoms with Gasteiger partial charge in [-0.05, 0) is 36.4 Å². The predicted molar refractivity (Wildman–Crippen MR) is 93.6 cm³/mol. The topological polar surface area (TPSA) is 71.8 Å². The van der Waals surface area contributed by atoms with Crippen molar-refractivity contribution in [2.45, 2.75) is 6.18 Å². The highest BCUT2D eigenvalue weighted by Gasteiger charge is 2.34. The standard InChI is InChI=1S/C18H16F3N5O/c19-18(20,21)14-6-2-1-5-13(14)17(27)23-10-9-22-15-7-8-16(25-24-15)26-11-3-4-12-26/h1-8,11-12H,9-10H2,(H,22,24)(H,23,27). The van der Waals surface area contributed by atoms with Gasteiger partial charge in [0.25, 0.3) is 5.91 Å². The molecule has 2 aromatic heterocycles. The van der Waals surface area contributed by atoms with E-state index in [0.29, 0.717) is 11.6 Å². The third kappa shape index (κ3) is 4.63. The summed E-state index contributed by atoms with van der Waals surface area (Å²) in [5.41, 5.74) is -1.36. The second-order valence-electron chi connectivity index (χ2n) is 5.59. The number of benzene rings is 1. The molecule has 2 heterocycles. The van der Waals surface area contributed by atoms with E-state index in [4.69, 9.17) is 0 Å². The van der Waals surface area contributed by atoms with Gasteiger partial charge in [0.15, 0.2) is 5.82 Å². The molecule has 0 unspecified atom stereocenters. The van der Waals surface area contributed by atoms with Gasteiger partial charge in [0.1, 0.15) is 5.82 Å². The van der Waals surface area contributed by atoms with E-state index in [1.54, 1.807) is 16.7 Å². The zero-order chi connectivity index (χ0) is 19.3. The van der Waals surface area contributed by atoms with Crippen molar-refractivity contribution < 1.29 is 18.0 Å². The molecule has 0 fully saturated rings. The van der Waals surface area contributed by atoms with Crippen molar-refractivity contribution in [1.82, 2.24) is 20.1 Å². The summed E-state index contributed by atoms with van der Waals surface area (Å²) < 4.78 is 40.6. The van der Waals surface area contributed by atoms with Gasteiger partial charge in [-0.2, -0.15) is 13.2 Å². The molecule has 0 saturated carbocycles. The second kappa shape index (κ2) is 7.90. The van der Waals surface area contributed by atoms with Gasteiger partial charge < -0.3 is 15.2 Å². The maximum Gasteiger partial charge on any atom is 0.417 e. The lowest BCUT2D eigenvalue weighted by atomic mass is 10.1. The fourth-order valence-electron chi connectivity index (χ4n) is 2.43. The Morgan fingerprint density at radius 1 is 0.963 bits per heavy atom. The van der Waals surface area contributed by atoms with Crippen LogP contribution >= 0.6 is 0 Å². The minimum absolute atomic E-state index is 0.131. The third-order valence-corrected chi connectivity index (χ3v) is 3.71. The Bertz CT molecular complexity index is 892. The number of carbonyl (C=O) groups excluding carboxylic acids is 1.